The molecule has 0 amide bonds. The Kier molecular flexibility index (Phi) is 3.19. The van der Waals surface area contributed by atoms with Gasteiger partial charge < -0.3 is 15.2 Å². The second-order valence-corrected chi connectivity index (χ2v) is 4.81. The standard InChI is InChI=1S/C15H16N2O2/c1-10-6-7-11(8-16-10)14-9-17-15(19-14)12-4-2-3-5-13(12)18/h2-8,14-15,17-18H,9H2,1H3/p+1/t14-,15-/m0/s1. The second-order valence-electron chi connectivity index (χ2n) is 4.81. The molecule has 1 aromatic carbocycles. The lowest BCUT2D eigenvalue weighted by molar-refractivity contribution is -0.698. The molecular weight excluding hydrogens is 240 g/mol. The van der Waals surface area contributed by atoms with Crippen molar-refractivity contribution in [3.63, 3.8) is 0 Å². The van der Waals surface area contributed by atoms with Crippen LogP contribution in [0.2, 0.25) is 0 Å². The summed E-state index contributed by atoms with van der Waals surface area (Å²) in [6, 6.07) is 11.3. The Hall–Kier alpha value is -1.91. The quantitative estimate of drug-likeness (QED) is 0.855. The van der Waals surface area contributed by atoms with Crippen molar-refractivity contribution in [2.24, 2.45) is 0 Å². The van der Waals surface area contributed by atoms with Gasteiger partial charge in [0, 0.05) is 17.5 Å². The maximum absolute atomic E-state index is 9.85. The van der Waals surface area contributed by atoms with Crippen LogP contribution in [0.1, 0.15) is 29.2 Å². The van der Waals surface area contributed by atoms with Crippen molar-refractivity contribution in [2.45, 2.75) is 19.3 Å². The lowest BCUT2D eigenvalue weighted by atomic mass is 10.1. The summed E-state index contributed by atoms with van der Waals surface area (Å²) in [6.07, 6.45) is 1.74. The molecule has 0 saturated carbocycles. The van der Waals surface area contributed by atoms with E-state index < -0.39 is 0 Å². The van der Waals surface area contributed by atoms with E-state index in [9.17, 15) is 5.11 Å². The summed E-state index contributed by atoms with van der Waals surface area (Å²) >= 11 is 0. The first-order valence-electron chi connectivity index (χ1n) is 6.43. The van der Waals surface area contributed by atoms with Crippen LogP contribution < -0.4 is 5.32 Å². The Morgan fingerprint density at radius 2 is 2.11 bits per heavy atom. The number of rotatable bonds is 2. The van der Waals surface area contributed by atoms with Crippen molar-refractivity contribution < 1.29 is 15.2 Å². The Balaban J connectivity index is 1.77. The van der Waals surface area contributed by atoms with Crippen LogP contribution in [0.25, 0.3) is 0 Å². The fourth-order valence-electron chi connectivity index (χ4n) is 2.35. The molecule has 4 heteroatoms. The maximum atomic E-state index is 9.85. The molecule has 0 unspecified atom stereocenters. The zero-order valence-corrected chi connectivity index (χ0v) is 10.8. The number of aryl methyl sites for hydroxylation is 1. The van der Waals surface area contributed by atoms with Crippen molar-refractivity contribution in [3.05, 3.63) is 59.4 Å². The molecule has 3 N–H and O–H groups in total. The van der Waals surface area contributed by atoms with Crippen molar-refractivity contribution in [1.82, 2.24) is 4.98 Å². The van der Waals surface area contributed by atoms with Crippen LogP contribution in [0.15, 0.2) is 42.6 Å². The minimum atomic E-state index is -0.146. The lowest BCUT2D eigenvalue weighted by Gasteiger charge is -2.10. The van der Waals surface area contributed by atoms with Crippen LogP contribution in [0, 0.1) is 6.92 Å². The molecule has 0 aliphatic carbocycles. The SMILES string of the molecule is Cc1ccc([C@@H]2C[NH2+][C@H](c3ccccc3O)O2)cn1. The number of phenols is 1. The van der Waals surface area contributed by atoms with Gasteiger partial charge in [0.2, 0.25) is 6.23 Å². The monoisotopic (exact) mass is 257 g/mol. The third-order valence-electron chi connectivity index (χ3n) is 3.42. The molecular formula is C15H17N2O2+. The molecule has 3 rings (SSSR count). The van der Waals surface area contributed by atoms with Crippen LogP contribution in [0.4, 0.5) is 0 Å². The molecule has 0 spiro atoms. The van der Waals surface area contributed by atoms with Gasteiger partial charge in [0.25, 0.3) is 0 Å². The van der Waals surface area contributed by atoms with Gasteiger partial charge >= 0.3 is 0 Å². The number of hydrogen-bond donors (Lipinski definition) is 2. The van der Waals surface area contributed by atoms with E-state index in [2.05, 4.69) is 10.3 Å². The number of aromatic nitrogens is 1. The van der Waals surface area contributed by atoms with E-state index >= 15 is 0 Å². The van der Waals surface area contributed by atoms with Crippen LogP contribution in [-0.4, -0.2) is 16.6 Å². The number of aromatic hydroxyl groups is 1. The molecule has 0 bridgehead atoms. The van der Waals surface area contributed by atoms with Crippen molar-refractivity contribution in [1.29, 1.82) is 0 Å². The van der Waals surface area contributed by atoms with Crippen LogP contribution >= 0.6 is 0 Å². The molecule has 1 aliphatic rings. The zero-order valence-electron chi connectivity index (χ0n) is 10.8. The van der Waals surface area contributed by atoms with E-state index in [0.29, 0.717) is 0 Å². The van der Waals surface area contributed by atoms with Gasteiger partial charge in [-0.25, -0.2) is 0 Å². The molecule has 1 aliphatic heterocycles. The largest absolute Gasteiger partial charge is 0.507 e. The first-order valence-corrected chi connectivity index (χ1v) is 6.43. The highest BCUT2D eigenvalue weighted by Gasteiger charge is 2.32. The van der Waals surface area contributed by atoms with Gasteiger partial charge in [-0.15, -0.1) is 0 Å². The Morgan fingerprint density at radius 1 is 1.26 bits per heavy atom. The van der Waals surface area contributed by atoms with E-state index in [1.54, 1.807) is 6.07 Å². The van der Waals surface area contributed by atoms with E-state index in [1.165, 1.54) is 0 Å². The molecule has 2 atom stereocenters. The molecule has 19 heavy (non-hydrogen) atoms. The lowest BCUT2D eigenvalue weighted by Crippen LogP contribution is -2.82. The topological polar surface area (TPSA) is 59.0 Å². The van der Waals surface area contributed by atoms with E-state index in [4.69, 9.17) is 4.74 Å². The number of hydrogen-bond acceptors (Lipinski definition) is 3. The number of phenolic OH excluding ortho intramolecular Hbond substituents is 1. The number of quaternary nitrogens is 1. The second kappa shape index (κ2) is 4.99. The van der Waals surface area contributed by atoms with Gasteiger partial charge in [0.1, 0.15) is 18.4 Å². The summed E-state index contributed by atoms with van der Waals surface area (Å²) in [5.74, 6) is 0.284. The highest BCUT2D eigenvalue weighted by atomic mass is 16.5. The Labute approximate surface area is 112 Å². The first kappa shape index (κ1) is 12.1. The summed E-state index contributed by atoms with van der Waals surface area (Å²) in [7, 11) is 0. The molecule has 1 saturated heterocycles. The predicted octanol–water partition coefficient (Wildman–Crippen LogP) is 1.43. The van der Waals surface area contributed by atoms with Crippen LogP contribution in [0.5, 0.6) is 5.75 Å². The third kappa shape index (κ3) is 2.45. The van der Waals surface area contributed by atoms with Gasteiger partial charge in [-0.2, -0.15) is 0 Å². The molecule has 1 aromatic heterocycles. The minimum Gasteiger partial charge on any atom is -0.507 e. The number of pyridine rings is 1. The van der Waals surface area contributed by atoms with Crippen molar-refractivity contribution in [2.75, 3.05) is 6.54 Å². The molecule has 4 nitrogen and oxygen atoms in total. The smallest absolute Gasteiger partial charge is 0.221 e. The van der Waals surface area contributed by atoms with Gasteiger partial charge in [0.15, 0.2) is 0 Å². The fraction of sp³-hybridized carbons (Fsp3) is 0.267. The summed E-state index contributed by atoms with van der Waals surface area (Å²) in [5.41, 5.74) is 2.91. The predicted molar refractivity (Wildman–Crippen MR) is 70.4 cm³/mol. The average molecular weight is 257 g/mol. The number of ether oxygens (including phenoxy) is 1. The average Bonchev–Trinajstić information content (AvgIpc) is 2.89. The summed E-state index contributed by atoms with van der Waals surface area (Å²) in [4.78, 5) is 4.30. The van der Waals surface area contributed by atoms with Crippen LogP contribution in [0.3, 0.4) is 0 Å². The molecule has 0 radical (unpaired) electrons. The highest BCUT2D eigenvalue weighted by Crippen LogP contribution is 2.29. The molecule has 2 heterocycles. The van der Waals surface area contributed by atoms with Crippen LogP contribution in [-0.2, 0) is 4.74 Å². The number of nitrogens with zero attached hydrogens (tertiary/aromatic N) is 1. The summed E-state index contributed by atoms with van der Waals surface area (Å²) in [6.45, 7) is 2.81. The van der Waals surface area contributed by atoms with E-state index in [1.807, 2.05) is 43.5 Å². The fourth-order valence-corrected chi connectivity index (χ4v) is 2.35. The molecule has 2 aromatic rings. The van der Waals surface area contributed by atoms with Crippen molar-refractivity contribution >= 4 is 0 Å². The Morgan fingerprint density at radius 3 is 2.84 bits per heavy atom. The Bertz CT molecular complexity index is 569. The molecule has 1 fully saturated rings. The minimum absolute atomic E-state index is 0.0257. The normalized spacial score (nSPS) is 22.6. The maximum Gasteiger partial charge on any atom is 0.221 e. The number of nitrogens with two attached hydrogens (primary N) is 1. The van der Waals surface area contributed by atoms with E-state index in [0.717, 1.165) is 23.4 Å². The van der Waals surface area contributed by atoms with Gasteiger partial charge in [-0.3, -0.25) is 4.98 Å². The van der Waals surface area contributed by atoms with Gasteiger partial charge in [-0.05, 0) is 25.1 Å². The number of para-hydroxylation sites is 1. The molecule has 98 valence electrons. The first-order chi connectivity index (χ1) is 9.24. The van der Waals surface area contributed by atoms with Crippen molar-refractivity contribution in [3.8, 4) is 5.75 Å². The summed E-state index contributed by atoms with van der Waals surface area (Å²) < 4.78 is 6.00. The highest BCUT2D eigenvalue weighted by molar-refractivity contribution is 5.32. The third-order valence-corrected chi connectivity index (χ3v) is 3.42. The van der Waals surface area contributed by atoms with Gasteiger partial charge in [0.05, 0.1) is 5.56 Å². The summed E-state index contributed by atoms with van der Waals surface area (Å²) in [5, 5.41) is 11.9. The number of benzene rings is 1. The van der Waals surface area contributed by atoms with Gasteiger partial charge in [-0.1, -0.05) is 18.2 Å². The van der Waals surface area contributed by atoms with E-state index in [-0.39, 0.29) is 18.1 Å². The zero-order chi connectivity index (χ0) is 13.2.